The molecule has 4 nitrogen and oxygen atoms in total. The van der Waals surface area contributed by atoms with Gasteiger partial charge in [0.15, 0.2) is 0 Å². The Kier molecular flexibility index (Phi) is 5.38. The van der Waals surface area contributed by atoms with E-state index in [1.54, 1.807) is 20.8 Å². The molecule has 0 aliphatic heterocycles. The molecule has 0 fully saturated rings. The maximum atomic E-state index is 11.3. The summed E-state index contributed by atoms with van der Waals surface area (Å²) < 4.78 is 5.08. The first kappa shape index (κ1) is 13.1. The molecule has 0 rings (SSSR count). The molecule has 0 aliphatic carbocycles. The van der Waals surface area contributed by atoms with E-state index in [9.17, 15) is 9.59 Å². The molecular weight excluding hydrogens is 182 g/mol. The van der Waals surface area contributed by atoms with Crippen LogP contribution < -0.4 is 5.73 Å². The number of unbranched alkanes of at least 4 members (excludes halogenated alkanes) is 1. The summed E-state index contributed by atoms with van der Waals surface area (Å²) in [7, 11) is 0. The standard InChI is InChI=1S/C10H19NO3/c1-10(2,3)14-9(13)8(11)6-4-5-7-12/h7-8H,4-6,11H2,1-3H3/t8-/m0/s1. The number of carbonyl (C=O) groups is 2. The van der Waals surface area contributed by atoms with Crippen LogP contribution in [0.15, 0.2) is 0 Å². The molecule has 82 valence electrons. The van der Waals surface area contributed by atoms with Crippen molar-refractivity contribution in [2.75, 3.05) is 0 Å². The van der Waals surface area contributed by atoms with Gasteiger partial charge >= 0.3 is 5.97 Å². The number of hydrogen-bond acceptors (Lipinski definition) is 4. The van der Waals surface area contributed by atoms with Gasteiger partial charge in [-0.25, -0.2) is 0 Å². The second-order valence-electron chi connectivity index (χ2n) is 4.24. The van der Waals surface area contributed by atoms with Gasteiger partial charge in [0, 0.05) is 6.42 Å². The summed E-state index contributed by atoms with van der Waals surface area (Å²) in [6, 6.07) is -0.617. The van der Waals surface area contributed by atoms with Gasteiger partial charge in [-0.05, 0) is 33.6 Å². The van der Waals surface area contributed by atoms with Crippen molar-refractivity contribution in [3.8, 4) is 0 Å². The van der Waals surface area contributed by atoms with Gasteiger partial charge in [-0.15, -0.1) is 0 Å². The van der Waals surface area contributed by atoms with Crippen LogP contribution in [0.1, 0.15) is 40.0 Å². The first-order valence-corrected chi connectivity index (χ1v) is 4.79. The zero-order valence-corrected chi connectivity index (χ0v) is 9.08. The van der Waals surface area contributed by atoms with Gasteiger partial charge in [0.2, 0.25) is 0 Å². The van der Waals surface area contributed by atoms with Crippen LogP contribution in [0.3, 0.4) is 0 Å². The lowest BCUT2D eigenvalue weighted by molar-refractivity contribution is -0.156. The Morgan fingerprint density at radius 1 is 1.50 bits per heavy atom. The van der Waals surface area contributed by atoms with Gasteiger partial charge < -0.3 is 15.3 Å². The number of aldehydes is 1. The summed E-state index contributed by atoms with van der Waals surface area (Å²) in [6.07, 6.45) is 2.38. The van der Waals surface area contributed by atoms with Crippen LogP contribution in [0.25, 0.3) is 0 Å². The molecule has 0 amide bonds. The van der Waals surface area contributed by atoms with Gasteiger partial charge in [-0.2, -0.15) is 0 Å². The normalized spacial score (nSPS) is 13.4. The first-order valence-electron chi connectivity index (χ1n) is 4.79. The van der Waals surface area contributed by atoms with Gasteiger partial charge in [-0.3, -0.25) is 4.79 Å². The number of nitrogens with two attached hydrogens (primary N) is 1. The quantitative estimate of drug-likeness (QED) is 0.409. The molecule has 0 bridgehead atoms. The summed E-state index contributed by atoms with van der Waals surface area (Å²) in [5.41, 5.74) is 5.07. The maximum Gasteiger partial charge on any atom is 0.323 e. The summed E-state index contributed by atoms with van der Waals surface area (Å²) in [5.74, 6) is -0.400. The molecule has 1 atom stereocenters. The second-order valence-corrected chi connectivity index (χ2v) is 4.24. The van der Waals surface area contributed by atoms with E-state index < -0.39 is 17.6 Å². The molecule has 0 heterocycles. The summed E-state index contributed by atoms with van der Waals surface area (Å²) in [6.45, 7) is 5.38. The van der Waals surface area contributed by atoms with E-state index in [4.69, 9.17) is 10.5 Å². The zero-order valence-electron chi connectivity index (χ0n) is 9.08. The SMILES string of the molecule is CC(C)(C)OC(=O)[C@@H](N)CCCC=O. The third-order valence-corrected chi connectivity index (χ3v) is 1.55. The average Bonchev–Trinajstić information content (AvgIpc) is 2.01. The van der Waals surface area contributed by atoms with Crippen LogP contribution in [0, 0.1) is 0 Å². The molecule has 14 heavy (non-hydrogen) atoms. The lowest BCUT2D eigenvalue weighted by atomic mass is 10.1. The average molecular weight is 201 g/mol. The lowest BCUT2D eigenvalue weighted by Gasteiger charge is -2.21. The third kappa shape index (κ3) is 6.60. The van der Waals surface area contributed by atoms with Crippen LogP contribution in [0.5, 0.6) is 0 Å². The number of ether oxygens (including phenoxy) is 1. The fourth-order valence-electron chi connectivity index (χ4n) is 0.916. The van der Waals surface area contributed by atoms with E-state index in [1.165, 1.54) is 0 Å². The van der Waals surface area contributed by atoms with Crippen molar-refractivity contribution in [3.05, 3.63) is 0 Å². The molecule has 0 aromatic carbocycles. The number of rotatable bonds is 5. The van der Waals surface area contributed by atoms with Crippen LogP contribution in [0.2, 0.25) is 0 Å². The highest BCUT2D eigenvalue weighted by Crippen LogP contribution is 2.09. The van der Waals surface area contributed by atoms with Crippen LogP contribution in [0.4, 0.5) is 0 Å². The lowest BCUT2D eigenvalue weighted by Crippen LogP contribution is -2.37. The van der Waals surface area contributed by atoms with Crippen molar-refractivity contribution < 1.29 is 14.3 Å². The fourth-order valence-corrected chi connectivity index (χ4v) is 0.916. The van der Waals surface area contributed by atoms with Crippen molar-refractivity contribution >= 4 is 12.3 Å². The van der Waals surface area contributed by atoms with E-state index in [0.717, 1.165) is 6.29 Å². The molecule has 0 saturated heterocycles. The predicted molar refractivity (Wildman–Crippen MR) is 53.7 cm³/mol. The molecule has 0 unspecified atom stereocenters. The Morgan fingerprint density at radius 2 is 2.07 bits per heavy atom. The van der Waals surface area contributed by atoms with Gasteiger partial charge in [0.05, 0.1) is 0 Å². The molecule has 0 saturated carbocycles. The monoisotopic (exact) mass is 201 g/mol. The number of esters is 1. The second kappa shape index (κ2) is 5.75. The summed E-state index contributed by atoms with van der Waals surface area (Å²) in [4.78, 5) is 21.3. The van der Waals surface area contributed by atoms with Gasteiger partial charge in [-0.1, -0.05) is 0 Å². The molecule has 4 heteroatoms. The molecule has 2 N–H and O–H groups in total. The van der Waals surface area contributed by atoms with E-state index in [1.807, 2.05) is 0 Å². The molecule has 0 aromatic heterocycles. The van der Waals surface area contributed by atoms with E-state index in [0.29, 0.717) is 19.3 Å². The largest absolute Gasteiger partial charge is 0.459 e. The molecule has 0 spiro atoms. The smallest absolute Gasteiger partial charge is 0.323 e. The maximum absolute atomic E-state index is 11.3. The van der Waals surface area contributed by atoms with Crippen LogP contribution >= 0.6 is 0 Å². The van der Waals surface area contributed by atoms with Gasteiger partial charge in [0.25, 0.3) is 0 Å². The zero-order chi connectivity index (χ0) is 11.2. The molecule has 0 radical (unpaired) electrons. The fraction of sp³-hybridized carbons (Fsp3) is 0.800. The highest BCUT2D eigenvalue weighted by Gasteiger charge is 2.21. The van der Waals surface area contributed by atoms with Crippen molar-refractivity contribution in [3.63, 3.8) is 0 Å². The Hall–Kier alpha value is -0.900. The highest BCUT2D eigenvalue weighted by molar-refractivity contribution is 5.75. The minimum Gasteiger partial charge on any atom is -0.459 e. The molecule has 0 aliphatic rings. The van der Waals surface area contributed by atoms with Gasteiger partial charge in [0.1, 0.15) is 17.9 Å². The molecular formula is C10H19NO3. The minimum atomic E-state index is -0.617. The summed E-state index contributed by atoms with van der Waals surface area (Å²) in [5, 5.41) is 0. The van der Waals surface area contributed by atoms with E-state index >= 15 is 0 Å². The summed E-state index contributed by atoms with van der Waals surface area (Å²) >= 11 is 0. The molecule has 0 aromatic rings. The van der Waals surface area contributed by atoms with Crippen molar-refractivity contribution in [2.24, 2.45) is 5.73 Å². The Bertz CT molecular complexity index is 196. The predicted octanol–water partition coefficient (Wildman–Crippen LogP) is 1.02. The van der Waals surface area contributed by atoms with Crippen molar-refractivity contribution in [2.45, 2.75) is 51.7 Å². The minimum absolute atomic E-state index is 0.400. The van der Waals surface area contributed by atoms with E-state index in [2.05, 4.69) is 0 Å². The first-order chi connectivity index (χ1) is 6.37. The number of hydrogen-bond donors (Lipinski definition) is 1. The van der Waals surface area contributed by atoms with Crippen molar-refractivity contribution in [1.29, 1.82) is 0 Å². The topological polar surface area (TPSA) is 69.4 Å². The Morgan fingerprint density at radius 3 is 2.50 bits per heavy atom. The number of carbonyl (C=O) groups excluding carboxylic acids is 2. The van der Waals surface area contributed by atoms with E-state index in [-0.39, 0.29) is 0 Å². The highest BCUT2D eigenvalue weighted by atomic mass is 16.6. The van der Waals surface area contributed by atoms with Crippen LogP contribution in [-0.4, -0.2) is 23.9 Å². The Labute approximate surface area is 84.8 Å². The van der Waals surface area contributed by atoms with Crippen LogP contribution in [-0.2, 0) is 14.3 Å². The van der Waals surface area contributed by atoms with Crippen molar-refractivity contribution in [1.82, 2.24) is 0 Å². The third-order valence-electron chi connectivity index (χ3n) is 1.55. The Balaban J connectivity index is 3.82.